The first kappa shape index (κ1) is 16.0. The first-order valence-corrected chi connectivity index (χ1v) is 8.83. The van der Waals surface area contributed by atoms with Crippen molar-refractivity contribution < 1.29 is 0 Å². The summed E-state index contributed by atoms with van der Waals surface area (Å²) in [5.74, 6) is 0.356. The zero-order valence-electron chi connectivity index (χ0n) is 14.7. The van der Waals surface area contributed by atoms with Gasteiger partial charge in [0.25, 0.3) is 5.56 Å². The molecule has 4 rings (SSSR count). The average Bonchev–Trinajstić information content (AvgIpc) is 2.96. The van der Waals surface area contributed by atoms with Gasteiger partial charge in [0, 0.05) is 36.0 Å². The van der Waals surface area contributed by atoms with Crippen LogP contribution in [-0.4, -0.2) is 37.6 Å². The van der Waals surface area contributed by atoms with E-state index in [4.69, 9.17) is 4.98 Å². The normalized spacial score (nSPS) is 16.6. The molecule has 0 saturated carbocycles. The van der Waals surface area contributed by atoms with Gasteiger partial charge in [-0.1, -0.05) is 6.07 Å². The molecule has 1 N–H and O–H groups in total. The first-order valence-electron chi connectivity index (χ1n) is 8.83. The van der Waals surface area contributed by atoms with Gasteiger partial charge in [0.2, 0.25) is 0 Å². The van der Waals surface area contributed by atoms with Crippen molar-refractivity contribution in [3.8, 4) is 0 Å². The minimum absolute atomic E-state index is 0.0282. The molecule has 0 unspecified atom stereocenters. The van der Waals surface area contributed by atoms with Crippen LogP contribution >= 0.6 is 0 Å². The van der Waals surface area contributed by atoms with Gasteiger partial charge in [-0.25, -0.2) is 9.50 Å². The van der Waals surface area contributed by atoms with Gasteiger partial charge in [0.1, 0.15) is 0 Å². The minimum Gasteiger partial charge on any atom is -0.297 e. The first-order chi connectivity index (χ1) is 12.1. The number of pyridine rings is 1. The van der Waals surface area contributed by atoms with Gasteiger partial charge in [-0.15, -0.1) is 0 Å². The van der Waals surface area contributed by atoms with E-state index in [-0.39, 0.29) is 5.56 Å². The van der Waals surface area contributed by atoms with Gasteiger partial charge in [0.15, 0.2) is 5.65 Å². The Bertz CT molecular complexity index is 950. The van der Waals surface area contributed by atoms with Crippen LogP contribution in [0.4, 0.5) is 0 Å². The van der Waals surface area contributed by atoms with E-state index in [1.807, 2.05) is 26.0 Å². The molecule has 0 bridgehead atoms. The maximum absolute atomic E-state index is 12.3. The second-order valence-electron chi connectivity index (χ2n) is 6.97. The molecule has 0 aliphatic carbocycles. The monoisotopic (exact) mass is 337 g/mol. The molecule has 130 valence electrons. The third-order valence-electron chi connectivity index (χ3n) is 4.94. The fourth-order valence-corrected chi connectivity index (χ4v) is 3.64. The van der Waals surface area contributed by atoms with Gasteiger partial charge in [0.05, 0.1) is 11.4 Å². The molecule has 1 aliphatic heterocycles. The van der Waals surface area contributed by atoms with Crippen molar-refractivity contribution in [3.05, 3.63) is 63.5 Å². The van der Waals surface area contributed by atoms with E-state index in [2.05, 4.69) is 27.1 Å². The van der Waals surface area contributed by atoms with E-state index >= 15 is 0 Å². The van der Waals surface area contributed by atoms with Crippen LogP contribution in [0.1, 0.15) is 41.5 Å². The summed E-state index contributed by atoms with van der Waals surface area (Å²) in [4.78, 5) is 24.0. The number of aryl methyl sites for hydroxylation is 2. The van der Waals surface area contributed by atoms with Gasteiger partial charge in [-0.05, 0) is 51.9 Å². The number of H-pyrrole nitrogens is 1. The zero-order chi connectivity index (χ0) is 17.4. The summed E-state index contributed by atoms with van der Waals surface area (Å²) in [6.07, 6.45) is 2.05. The quantitative estimate of drug-likeness (QED) is 0.797. The molecule has 0 atom stereocenters. The van der Waals surface area contributed by atoms with E-state index in [1.54, 1.807) is 6.07 Å². The molecule has 6 nitrogen and oxygen atoms in total. The van der Waals surface area contributed by atoms with Gasteiger partial charge >= 0.3 is 0 Å². The summed E-state index contributed by atoms with van der Waals surface area (Å²) >= 11 is 0. The van der Waals surface area contributed by atoms with Gasteiger partial charge in [-0.3, -0.25) is 19.8 Å². The molecule has 1 aliphatic rings. The van der Waals surface area contributed by atoms with Crippen LogP contribution < -0.4 is 5.56 Å². The topological polar surface area (TPSA) is 66.3 Å². The highest BCUT2D eigenvalue weighted by molar-refractivity contribution is 5.39. The Balaban J connectivity index is 1.46. The van der Waals surface area contributed by atoms with Gasteiger partial charge in [-0.2, -0.15) is 0 Å². The van der Waals surface area contributed by atoms with Crippen molar-refractivity contribution >= 4 is 5.65 Å². The lowest BCUT2D eigenvalue weighted by atomic mass is 9.93. The van der Waals surface area contributed by atoms with Crippen molar-refractivity contribution in [2.75, 3.05) is 13.1 Å². The lowest BCUT2D eigenvalue weighted by molar-refractivity contribution is 0.201. The summed E-state index contributed by atoms with van der Waals surface area (Å²) in [6.45, 7) is 6.87. The van der Waals surface area contributed by atoms with Crippen molar-refractivity contribution in [3.63, 3.8) is 0 Å². The molecule has 0 spiro atoms. The maximum atomic E-state index is 12.3. The molecule has 6 heteroatoms. The molecule has 3 aromatic heterocycles. The maximum Gasteiger partial charge on any atom is 0.272 e. The Labute approximate surface area is 146 Å². The van der Waals surface area contributed by atoms with Crippen molar-refractivity contribution in [1.29, 1.82) is 0 Å². The van der Waals surface area contributed by atoms with Crippen molar-refractivity contribution in [2.24, 2.45) is 0 Å². The molecule has 3 aromatic rings. The third kappa shape index (κ3) is 3.35. The van der Waals surface area contributed by atoms with E-state index in [9.17, 15) is 4.79 Å². The number of rotatable bonds is 3. The third-order valence-corrected chi connectivity index (χ3v) is 4.94. The SMILES string of the molecule is Cc1cccc(CN2CCC(c3cc(=O)n4[nH]c(C)cc4n3)CC2)n1. The molecule has 25 heavy (non-hydrogen) atoms. The second-order valence-corrected chi connectivity index (χ2v) is 6.97. The van der Waals surface area contributed by atoms with Crippen LogP contribution in [0.3, 0.4) is 0 Å². The van der Waals surface area contributed by atoms with E-state index < -0.39 is 0 Å². The highest BCUT2D eigenvalue weighted by Crippen LogP contribution is 2.27. The number of nitrogens with one attached hydrogen (secondary N) is 1. The lowest BCUT2D eigenvalue weighted by Crippen LogP contribution is -2.33. The van der Waals surface area contributed by atoms with Crippen LogP contribution in [0.5, 0.6) is 0 Å². The number of hydrogen-bond acceptors (Lipinski definition) is 4. The summed E-state index contributed by atoms with van der Waals surface area (Å²) in [5.41, 5.74) is 4.75. The standard InChI is InChI=1S/C19H23N5O/c1-13-4-3-5-16(20-13)12-23-8-6-15(7-9-23)17-11-19(25)24-18(21-17)10-14(2)22-24/h3-5,10-11,15,22H,6-9,12H2,1-2H3. The Morgan fingerprint density at radius 2 is 1.96 bits per heavy atom. The van der Waals surface area contributed by atoms with Crippen LogP contribution in [0.25, 0.3) is 5.65 Å². The minimum atomic E-state index is -0.0282. The molecule has 0 radical (unpaired) electrons. The molecule has 0 aromatic carbocycles. The average molecular weight is 337 g/mol. The van der Waals surface area contributed by atoms with Gasteiger partial charge < -0.3 is 0 Å². The number of hydrogen-bond donors (Lipinski definition) is 1. The van der Waals surface area contributed by atoms with Crippen molar-refractivity contribution in [2.45, 2.75) is 39.2 Å². The molecular formula is C19H23N5O. The molecule has 0 amide bonds. The lowest BCUT2D eigenvalue weighted by Gasteiger charge is -2.31. The van der Waals surface area contributed by atoms with Crippen LogP contribution in [-0.2, 0) is 6.54 Å². The number of nitrogens with zero attached hydrogens (tertiary/aromatic N) is 4. The molecule has 1 saturated heterocycles. The van der Waals surface area contributed by atoms with E-state index in [1.165, 1.54) is 4.52 Å². The van der Waals surface area contributed by atoms with Crippen LogP contribution in [0.15, 0.2) is 35.1 Å². The Kier molecular flexibility index (Phi) is 4.13. The predicted molar refractivity (Wildman–Crippen MR) is 96.8 cm³/mol. The summed E-state index contributed by atoms with van der Waals surface area (Å²) in [7, 11) is 0. The highest BCUT2D eigenvalue weighted by atomic mass is 16.1. The molecule has 1 fully saturated rings. The number of piperidine rings is 1. The predicted octanol–water partition coefficient (Wildman–Crippen LogP) is 2.41. The Hall–Kier alpha value is -2.47. The van der Waals surface area contributed by atoms with Crippen LogP contribution in [0.2, 0.25) is 0 Å². The molecular weight excluding hydrogens is 314 g/mol. The fourth-order valence-electron chi connectivity index (χ4n) is 3.64. The number of fused-ring (bicyclic) bond motifs is 1. The fraction of sp³-hybridized carbons (Fsp3) is 0.421. The Morgan fingerprint density at radius 1 is 1.16 bits per heavy atom. The smallest absolute Gasteiger partial charge is 0.272 e. The second kappa shape index (κ2) is 6.44. The number of likely N-dealkylation sites (tertiary alicyclic amines) is 1. The van der Waals surface area contributed by atoms with E-state index in [0.717, 1.165) is 55.3 Å². The molecule has 4 heterocycles. The summed E-state index contributed by atoms with van der Waals surface area (Å²) < 4.78 is 1.51. The number of aromatic amines is 1. The van der Waals surface area contributed by atoms with E-state index in [0.29, 0.717) is 11.6 Å². The summed E-state index contributed by atoms with van der Waals surface area (Å²) in [6, 6.07) is 9.78. The number of aromatic nitrogens is 4. The summed E-state index contributed by atoms with van der Waals surface area (Å²) in [5, 5.41) is 3.02. The Morgan fingerprint density at radius 3 is 2.72 bits per heavy atom. The van der Waals surface area contributed by atoms with Crippen LogP contribution in [0, 0.1) is 13.8 Å². The zero-order valence-corrected chi connectivity index (χ0v) is 14.7. The van der Waals surface area contributed by atoms with Crippen molar-refractivity contribution in [1.82, 2.24) is 24.5 Å². The largest absolute Gasteiger partial charge is 0.297 e. The highest BCUT2D eigenvalue weighted by Gasteiger charge is 2.23.